The van der Waals surface area contributed by atoms with Crippen LogP contribution in [-0.2, 0) is 29.1 Å². The molecule has 2 N–H and O–H groups in total. The second-order valence-corrected chi connectivity index (χ2v) is 11.8. The Morgan fingerprint density at radius 2 is 1.96 bits per heavy atom. The van der Waals surface area contributed by atoms with Crippen LogP contribution in [0.5, 0.6) is 17.2 Å². The van der Waals surface area contributed by atoms with Gasteiger partial charge < -0.3 is 34.3 Å². The van der Waals surface area contributed by atoms with Gasteiger partial charge in [0.15, 0.2) is 6.61 Å². The van der Waals surface area contributed by atoms with Gasteiger partial charge in [-0.2, -0.15) is 0 Å². The number of amides is 3. The van der Waals surface area contributed by atoms with Crippen molar-refractivity contribution in [3.63, 3.8) is 0 Å². The molecule has 3 heterocycles. The largest absolute Gasteiger partial charge is 0.496 e. The summed E-state index contributed by atoms with van der Waals surface area (Å²) in [5, 5.41) is 5.86. The fraction of sp³-hybridized carbons (Fsp3) is 0.333. The normalized spacial score (nSPS) is 18.1. The number of hydrogen-bond acceptors (Lipinski definition) is 7. The lowest BCUT2D eigenvalue weighted by atomic mass is 9.99. The molecule has 2 atom stereocenters. The van der Waals surface area contributed by atoms with Gasteiger partial charge in [0.05, 0.1) is 13.2 Å². The SMILES string of the molecule is CCc1nccn1CCC(=O)N1CC[C@H]2Oc3cc(F)cc(c3)CNC(=O)COc3cccc(c3)-c3cc(ccc3OC)C(=O)N[C@@H]2C1. The first-order valence-electron chi connectivity index (χ1n) is 16.0. The van der Waals surface area contributed by atoms with Crippen LogP contribution in [0.3, 0.4) is 0 Å². The highest BCUT2D eigenvalue weighted by molar-refractivity contribution is 5.96. The van der Waals surface area contributed by atoms with E-state index in [2.05, 4.69) is 15.6 Å². The standard InChI is InChI=1S/C36H38FN5O6/c1-3-33-38-11-14-41(33)13-10-35(44)42-12-9-32-30(21-42)40-36(45)25-7-8-31(46-2)29(18-25)24-5-4-6-27(17-24)47-22-34(43)39-20-23-15-26(37)19-28(16-23)48-32/h4-8,11,14-19,30,32H,3,9-10,12-13,20-22H2,1-2H3,(H,39,43)(H,40,45)/t30-,32-/m1/s1. The zero-order valence-corrected chi connectivity index (χ0v) is 26.9. The zero-order valence-electron chi connectivity index (χ0n) is 26.9. The molecule has 3 amide bonds. The second kappa shape index (κ2) is 14.6. The van der Waals surface area contributed by atoms with Crippen LogP contribution < -0.4 is 24.8 Å². The van der Waals surface area contributed by atoms with Crippen molar-refractivity contribution < 1.29 is 33.0 Å². The number of likely N-dealkylation sites (tertiary alicyclic amines) is 1. The number of hydrogen-bond donors (Lipinski definition) is 2. The first-order chi connectivity index (χ1) is 23.3. The highest BCUT2D eigenvalue weighted by Crippen LogP contribution is 2.33. The predicted octanol–water partition coefficient (Wildman–Crippen LogP) is 4.14. The fourth-order valence-electron chi connectivity index (χ4n) is 6.12. The lowest BCUT2D eigenvalue weighted by molar-refractivity contribution is -0.134. The number of methoxy groups -OCH3 is 1. The number of carbonyl (C=O) groups excluding carboxylic acids is 3. The number of nitrogens with zero attached hydrogens (tertiary/aromatic N) is 3. The Morgan fingerprint density at radius 1 is 1.08 bits per heavy atom. The number of ether oxygens (including phenoxy) is 3. The highest BCUT2D eigenvalue weighted by Gasteiger charge is 2.34. The Labute approximate surface area is 278 Å². The maximum atomic E-state index is 14.7. The zero-order chi connectivity index (χ0) is 33.6. The summed E-state index contributed by atoms with van der Waals surface area (Å²) in [6, 6.07) is 15.9. The van der Waals surface area contributed by atoms with Gasteiger partial charge in [-0.15, -0.1) is 0 Å². The van der Waals surface area contributed by atoms with Crippen LogP contribution in [0.4, 0.5) is 4.39 Å². The van der Waals surface area contributed by atoms with E-state index in [0.717, 1.165) is 17.8 Å². The quantitative estimate of drug-likeness (QED) is 0.331. The summed E-state index contributed by atoms with van der Waals surface area (Å²) in [5.41, 5.74) is 2.25. The smallest absolute Gasteiger partial charge is 0.258 e. The van der Waals surface area contributed by atoms with E-state index >= 15 is 0 Å². The van der Waals surface area contributed by atoms with Crippen LogP contribution in [-0.4, -0.2) is 71.1 Å². The molecule has 0 aliphatic carbocycles. The average Bonchev–Trinajstić information content (AvgIpc) is 3.56. The van der Waals surface area contributed by atoms with Crippen LogP contribution in [0.25, 0.3) is 11.1 Å². The molecule has 0 saturated carbocycles. The molecule has 6 rings (SSSR count). The van der Waals surface area contributed by atoms with Gasteiger partial charge in [0.25, 0.3) is 11.8 Å². The number of benzene rings is 3. The van der Waals surface area contributed by atoms with Crippen molar-refractivity contribution in [3.05, 3.63) is 95.8 Å². The third-order valence-corrected chi connectivity index (χ3v) is 8.59. The van der Waals surface area contributed by atoms with Crippen LogP contribution in [0.15, 0.2) is 73.1 Å². The summed E-state index contributed by atoms with van der Waals surface area (Å²) >= 11 is 0. The molecular weight excluding hydrogens is 617 g/mol. The molecule has 3 aromatic carbocycles. The van der Waals surface area contributed by atoms with Crippen molar-refractivity contribution >= 4 is 17.7 Å². The van der Waals surface area contributed by atoms with Gasteiger partial charge in [-0.05, 0) is 53.6 Å². The number of aromatic nitrogens is 2. The lowest BCUT2D eigenvalue weighted by Crippen LogP contribution is -2.58. The van der Waals surface area contributed by atoms with Gasteiger partial charge in [0.2, 0.25) is 5.91 Å². The Kier molecular flexibility index (Phi) is 9.88. The van der Waals surface area contributed by atoms with E-state index in [-0.39, 0.29) is 49.6 Å². The molecule has 4 aromatic rings. The first kappa shape index (κ1) is 32.5. The fourth-order valence-corrected chi connectivity index (χ4v) is 6.12. The summed E-state index contributed by atoms with van der Waals surface area (Å²) < 4.78 is 34.4. The molecule has 2 aliphatic heterocycles. The molecule has 1 saturated heterocycles. The van der Waals surface area contributed by atoms with Crippen molar-refractivity contribution in [1.29, 1.82) is 0 Å². The number of imidazole rings is 1. The number of fused-ring (bicyclic) bond motifs is 8. The number of rotatable bonds is 5. The monoisotopic (exact) mass is 655 g/mol. The topological polar surface area (TPSA) is 124 Å². The Morgan fingerprint density at radius 3 is 2.79 bits per heavy atom. The minimum absolute atomic E-state index is 0.0495. The van der Waals surface area contributed by atoms with Crippen molar-refractivity contribution in [2.75, 3.05) is 26.8 Å². The van der Waals surface area contributed by atoms with Gasteiger partial charge >= 0.3 is 0 Å². The van der Waals surface area contributed by atoms with Crippen molar-refractivity contribution in [3.8, 4) is 28.4 Å². The molecule has 48 heavy (non-hydrogen) atoms. The number of halogens is 1. The van der Waals surface area contributed by atoms with E-state index in [0.29, 0.717) is 47.7 Å². The number of nitrogens with one attached hydrogen (secondary N) is 2. The van der Waals surface area contributed by atoms with Crippen LogP contribution in [0.1, 0.15) is 41.5 Å². The Hall–Kier alpha value is -5.39. The summed E-state index contributed by atoms with van der Waals surface area (Å²) in [6.07, 6.45) is 4.48. The molecule has 0 unspecified atom stereocenters. The average molecular weight is 656 g/mol. The van der Waals surface area contributed by atoms with E-state index in [4.69, 9.17) is 14.2 Å². The number of carbonyl (C=O) groups is 3. The van der Waals surface area contributed by atoms with Crippen molar-refractivity contribution in [1.82, 2.24) is 25.1 Å². The third kappa shape index (κ3) is 7.59. The number of piperidine rings is 1. The summed E-state index contributed by atoms with van der Waals surface area (Å²) in [6.45, 7) is 2.94. The van der Waals surface area contributed by atoms with Gasteiger partial charge in [0, 0.05) is 75.0 Å². The molecule has 12 heteroatoms. The van der Waals surface area contributed by atoms with Crippen molar-refractivity contribution in [2.45, 2.75) is 51.4 Å². The highest BCUT2D eigenvalue weighted by atomic mass is 19.1. The van der Waals surface area contributed by atoms with Gasteiger partial charge in [0.1, 0.15) is 35.0 Å². The summed E-state index contributed by atoms with van der Waals surface area (Å²) in [5.74, 6) is 0.850. The molecule has 0 radical (unpaired) electrons. The molecular formula is C36H38FN5O6. The van der Waals surface area contributed by atoms with E-state index in [9.17, 15) is 18.8 Å². The predicted molar refractivity (Wildman–Crippen MR) is 175 cm³/mol. The maximum absolute atomic E-state index is 14.7. The van der Waals surface area contributed by atoms with E-state index in [1.807, 2.05) is 23.8 Å². The minimum atomic E-state index is -0.606. The Balaban J connectivity index is 1.30. The molecule has 11 nitrogen and oxygen atoms in total. The van der Waals surface area contributed by atoms with Gasteiger partial charge in [-0.1, -0.05) is 19.1 Å². The molecule has 6 bridgehead atoms. The van der Waals surface area contributed by atoms with Crippen LogP contribution >= 0.6 is 0 Å². The Bertz CT molecular complexity index is 1810. The van der Waals surface area contributed by atoms with E-state index in [1.54, 1.807) is 60.7 Å². The van der Waals surface area contributed by atoms with E-state index in [1.165, 1.54) is 12.1 Å². The summed E-state index contributed by atoms with van der Waals surface area (Å²) in [4.78, 5) is 46.0. The molecule has 1 fully saturated rings. The van der Waals surface area contributed by atoms with Gasteiger partial charge in [-0.3, -0.25) is 14.4 Å². The minimum Gasteiger partial charge on any atom is -0.496 e. The third-order valence-electron chi connectivity index (χ3n) is 8.59. The van der Waals surface area contributed by atoms with Crippen LogP contribution in [0, 0.1) is 5.82 Å². The second-order valence-electron chi connectivity index (χ2n) is 11.8. The number of aryl methyl sites for hydroxylation is 2. The lowest BCUT2D eigenvalue weighted by Gasteiger charge is -2.39. The van der Waals surface area contributed by atoms with E-state index < -0.39 is 18.0 Å². The van der Waals surface area contributed by atoms with Gasteiger partial charge in [-0.25, -0.2) is 9.37 Å². The first-order valence-corrected chi connectivity index (χ1v) is 16.0. The van der Waals surface area contributed by atoms with Crippen LogP contribution in [0.2, 0.25) is 0 Å². The maximum Gasteiger partial charge on any atom is 0.258 e. The molecule has 2 aliphatic rings. The van der Waals surface area contributed by atoms with Crippen molar-refractivity contribution in [2.24, 2.45) is 0 Å². The summed E-state index contributed by atoms with van der Waals surface area (Å²) in [7, 11) is 1.55. The molecule has 250 valence electrons. The molecule has 0 spiro atoms. The molecule has 1 aromatic heterocycles.